The third-order valence-corrected chi connectivity index (χ3v) is 4.74. The summed E-state index contributed by atoms with van der Waals surface area (Å²) in [5.41, 5.74) is 1.86. The first kappa shape index (κ1) is 14.2. The van der Waals surface area contributed by atoms with Crippen molar-refractivity contribution < 1.29 is 0 Å². The van der Waals surface area contributed by atoms with E-state index in [0.29, 0.717) is 6.54 Å². The Morgan fingerprint density at radius 2 is 2.14 bits per heavy atom. The van der Waals surface area contributed by atoms with Crippen LogP contribution < -0.4 is 5.69 Å². The second-order valence-electron chi connectivity index (χ2n) is 5.42. The molecule has 0 bridgehead atoms. The van der Waals surface area contributed by atoms with Gasteiger partial charge in [-0.2, -0.15) is 0 Å². The van der Waals surface area contributed by atoms with Crippen LogP contribution in [0.2, 0.25) is 0 Å². The summed E-state index contributed by atoms with van der Waals surface area (Å²) < 4.78 is 3.09. The fraction of sp³-hybridized carbons (Fsp3) is 0.500. The van der Waals surface area contributed by atoms with Gasteiger partial charge in [0.2, 0.25) is 0 Å². The van der Waals surface area contributed by atoms with Gasteiger partial charge in [-0.1, -0.05) is 6.92 Å². The van der Waals surface area contributed by atoms with Gasteiger partial charge in [-0.05, 0) is 33.0 Å². The van der Waals surface area contributed by atoms with Crippen LogP contribution in [0, 0.1) is 6.92 Å². The Morgan fingerprint density at radius 1 is 1.38 bits per heavy atom. The van der Waals surface area contributed by atoms with Crippen molar-refractivity contribution in [2.45, 2.75) is 26.8 Å². The molecule has 6 nitrogen and oxygen atoms in total. The number of aromatic nitrogens is 4. The van der Waals surface area contributed by atoms with Crippen LogP contribution in [0.5, 0.6) is 0 Å². The maximum absolute atomic E-state index is 12.4. The molecule has 0 spiro atoms. The highest BCUT2D eigenvalue weighted by Gasteiger charge is 2.16. The van der Waals surface area contributed by atoms with Gasteiger partial charge in [0.1, 0.15) is 11.2 Å². The summed E-state index contributed by atoms with van der Waals surface area (Å²) in [6.07, 6.45) is 2.51. The van der Waals surface area contributed by atoms with Crippen molar-refractivity contribution in [3.05, 3.63) is 27.3 Å². The number of thiophene rings is 1. The Morgan fingerprint density at radius 3 is 2.81 bits per heavy atom. The average Bonchev–Trinajstić information content (AvgIpc) is 2.93. The molecule has 0 fully saturated rings. The number of nitrogens with zero attached hydrogens (tertiary/aromatic N) is 5. The molecule has 3 rings (SSSR count). The summed E-state index contributed by atoms with van der Waals surface area (Å²) in [6.45, 7) is 5.59. The lowest BCUT2D eigenvalue weighted by molar-refractivity contribution is 0.370. The van der Waals surface area contributed by atoms with E-state index in [1.165, 1.54) is 15.1 Å². The van der Waals surface area contributed by atoms with Gasteiger partial charge in [-0.25, -0.2) is 18.9 Å². The summed E-state index contributed by atoms with van der Waals surface area (Å²) >= 11 is 1.67. The summed E-state index contributed by atoms with van der Waals surface area (Å²) in [7, 11) is 3.97. The van der Waals surface area contributed by atoms with Gasteiger partial charge in [0.15, 0.2) is 5.65 Å². The molecule has 7 heteroatoms. The van der Waals surface area contributed by atoms with E-state index in [-0.39, 0.29) is 5.69 Å². The lowest BCUT2D eigenvalue weighted by atomic mass is 10.1. The predicted octanol–water partition coefficient (Wildman–Crippen LogP) is 1.54. The summed E-state index contributed by atoms with van der Waals surface area (Å²) in [4.78, 5) is 21.1. The first-order valence-electron chi connectivity index (χ1n) is 7.03. The van der Waals surface area contributed by atoms with Gasteiger partial charge in [-0.15, -0.1) is 16.4 Å². The quantitative estimate of drug-likeness (QED) is 0.734. The van der Waals surface area contributed by atoms with Crippen LogP contribution in [0.3, 0.4) is 0 Å². The predicted molar refractivity (Wildman–Crippen MR) is 85.3 cm³/mol. The third-order valence-electron chi connectivity index (χ3n) is 3.69. The van der Waals surface area contributed by atoms with Crippen molar-refractivity contribution in [2.75, 3.05) is 20.6 Å². The minimum absolute atomic E-state index is 0.118. The lowest BCUT2D eigenvalue weighted by Crippen LogP contribution is -2.27. The molecule has 3 aromatic heterocycles. The van der Waals surface area contributed by atoms with Gasteiger partial charge < -0.3 is 4.90 Å². The zero-order chi connectivity index (χ0) is 15.1. The van der Waals surface area contributed by atoms with Crippen LogP contribution in [0.15, 0.2) is 11.1 Å². The van der Waals surface area contributed by atoms with E-state index in [1.807, 2.05) is 19.0 Å². The van der Waals surface area contributed by atoms with Crippen molar-refractivity contribution in [1.82, 2.24) is 24.1 Å². The minimum atomic E-state index is -0.118. The smallest absolute Gasteiger partial charge is 0.308 e. The molecule has 0 saturated carbocycles. The van der Waals surface area contributed by atoms with Crippen LogP contribution in [0.1, 0.15) is 17.4 Å². The van der Waals surface area contributed by atoms with Gasteiger partial charge in [0.25, 0.3) is 0 Å². The summed E-state index contributed by atoms with van der Waals surface area (Å²) in [5.74, 6) is 0. The van der Waals surface area contributed by atoms with Gasteiger partial charge in [0, 0.05) is 11.4 Å². The van der Waals surface area contributed by atoms with E-state index >= 15 is 0 Å². The molecular weight excluding hydrogens is 286 g/mol. The first-order valence-corrected chi connectivity index (χ1v) is 7.85. The highest BCUT2D eigenvalue weighted by atomic mass is 32.1. The molecule has 0 atom stereocenters. The van der Waals surface area contributed by atoms with E-state index < -0.39 is 0 Å². The molecule has 112 valence electrons. The van der Waals surface area contributed by atoms with E-state index in [1.54, 1.807) is 22.1 Å². The Hall–Kier alpha value is -1.73. The Kier molecular flexibility index (Phi) is 3.54. The van der Waals surface area contributed by atoms with E-state index in [9.17, 15) is 4.79 Å². The summed E-state index contributed by atoms with van der Waals surface area (Å²) in [5, 5.41) is 5.57. The minimum Gasteiger partial charge on any atom is -0.308 e. The van der Waals surface area contributed by atoms with Crippen molar-refractivity contribution >= 4 is 27.2 Å². The van der Waals surface area contributed by atoms with Gasteiger partial charge in [-0.3, -0.25) is 0 Å². The Labute approximate surface area is 126 Å². The maximum Gasteiger partial charge on any atom is 0.351 e. The number of aryl methyl sites for hydroxylation is 2. The highest BCUT2D eigenvalue weighted by molar-refractivity contribution is 7.18. The number of hydrogen-bond donors (Lipinski definition) is 0. The van der Waals surface area contributed by atoms with Gasteiger partial charge in [0.05, 0.1) is 11.9 Å². The second-order valence-corrected chi connectivity index (χ2v) is 6.62. The number of rotatable bonds is 4. The van der Waals surface area contributed by atoms with Crippen molar-refractivity contribution in [3.8, 4) is 0 Å². The topological polar surface area (TPSA) is 55.4 Å². The molecule has 0 saturated heterocycles. The Bertz CT molecular complexity index is 858. The monoisotopic (exact) mass is 305 g/mol. The highest BCUT2D eigenvalue weighted by Crippen LogP contribution is 2.31. The van der Waals surface area contributed by atoms with Crippen LogP contribution >= 0.6 is 11.3 Å². The molecular formula is C14H19N5OS. The molecule has 0 aliphatic heterocycles. The molecule has 0 radical (unpaired) electrons. The van der Waals surface area contributed by atoms with Crippen LogP contribution in [-0.2, 0) is 13.0 Å². The second kappa shape index (κ2) is 5.23. The Balaban J connectivity index is 2.25. The molecule has 21 heavy (non-hydrogen) atoms. The zero-order valence-corrected chi connectivity index (χ0v) is 13.6. The van der Waals surface area contributed by atoms with E-state index in [2.05, 4.69) is 23.9 Å². The van der Waals surface area contributed by atoms with Crippen molar-refractivity contribution in [2.24, 2.45) is 0 Å². The number of likely N-dealkylation sites (N-methyl/N-ethyl adjacent to an activating group) is 1. The number of hydrogen-bond acceptors (Lipinski definition) is 5. The molecule has 3 heterocycles. The third kappa shape index (κ3) is 2.26. The van der Waals surface area contributed by atoms with E-state index in [4.69, 9.17) is 0 Å². The van der Waals surface area contributed by atoms with Gasteiger partial charge >= 0.3 is 5.69 Å². The SMILES string of the molecule is CCc1c(C)sc2ncn3c(=O)n(CCN(C)C)nc3c12. The molecule has 0 N–H and O–H groups in total. The molecule has 3 aromatic rings. The van der Waals surface area contributed by atoms with Crippen molar-refractivity contribution in [3.63, 3.8) is 0 Å². The standard InChI is InChI=1S/C14H19N5OS/c1-5-10-9(2)21-13-11(10)12-16-19(7-6-17(3)4)14(20)18(12)8-15-13/h8H,5-7H2,1-4H3. The normalized spacial score (nSPS) is 12.0. The molecule has 0 aliphatic rings. The van der Waals surface area contributed by atoms with Crippen molar-refractivity contribution in [1.29, 1.82) is 0 Å². The molecule has 0 aliphatic carbocycles. The van der Waals surface area contributed by atoms with Crippen LogP contribution in [0.25, 0.3) is 15.9 Å². The largest absolute Gasteiger partial charge is 0.351 e. The zero-order valence-electron chi connectivity index (χ0n) is 12.8. The lowest BCUT2D eigenvalue weighted by Gasteiger charge is -2.07. The maximum atomic E-state index is 12.4. The molecule has 0 amide bonds. The average molecular weight is 305 g/mol. The molecule has 0 aromatic carbocycles. The fourth-order valence-corrected chi connectivity index (χ4v) is 3.63. The fourth-order valence-electron chi connectivity index (χ4n) is 2.56. The van der Waals surface area contributed by atoms with Crippen LogP contribution in [-0.4, -0.2) is 44.7 Å². The van der Waals surface area contributed by atoms with Crippen LogP contribution in [0.4, 0.5) is 0 Å². The number of fused-ring (bicyclic) bond motifs is 3. The summed E-state index contributed by atoms with van der Waals surface area (Å²) in [6, 6.07) is 0. The first-order chi connectivity index (χ1) is 10.0. The molecule has 0 unspecified atom stereocenters. The van der Waals surface area contributed by atoms with E-state index in [0.717, 1.165) is 28.8 Å².